The number of halogens is 2. The highest BCUT2D eigenvalue weighted by atomic mass is 127. The van der Waals surface area contributed by atoms with E-state index in [1.165, 1.54) is 11.3 Å². The van der Waals surface area contributed by atoms with Gasteiger partial charge in [-0.3, -0.25) is 0 Å². The summed E-state index contributed by atoms with van der Waals surface area (Å²) in [6, 6.07) is 1.76. The van der Waals surface area contributed by atoms with E-state index in [2.05, 4.69) is 45.2 Å². The quantitative estimate of drug-likeness (QED) is 0.651. The van der Waals surface area contributed by atoms with Gasteiger partial charge in [0.05, 0.1) is 16.4 Å². The molecule has 0 amide bonds. The molecular formula is C8H10I2O2S2. The summed E-state index contributed by atoms with van der Waals surface area (Å²) in [7, 11) is -3.03. The summed E-state index contributed by atoms with van der Waals surface area (Å²) >= 11 is 5.77. The van der Waals surface area contributed by atoms with Gasteiger partial charge in [0.25, 0.3) is 0 Å². The van der Waals surface area contributed by atoms with Gasteiger partial charge >= 0.3 is 0 Å². The molecule has 0 bridgehead atoms. The average molecular weight is 456 g/mol. The van der Waals surface area contributed by atoms with Gasteiger partial charge in [0.15, 0.2) is 9.84 Å². The number of unbranched alkanes of at least 4 members (excludes halogenated alkanes) is 1. The molecule has 0 spiro atoms. The van der Waals surface area contributed by atoms with Crippen LogP contribution in [0.4, 0.5) is 0 Å². The van der Waals surface area contributed by atoms with E-state index >= 15 is 0 Å². The van der Waals surface area contributed by atoms with E-state index in [0.29, 0.717) is 4.90 Å². The molecule has 6 heteroatoms. The lowest BCUT2D eigenvalue weighted by atomic mass is 10.4. The Labute approximate surface area is 116 Å². The summed E-state index contributed by atoms with van der Waals surface area (Å²) in [6.07, 6.45) is 1.65. The topological polar surface area (TPSA) is 34.1 Å². The van der Waals surface area contributed by atoms with Crippen molar-refractivity contribution in [2.24, 2.45) is 0 Å². The third-order valence-corrected chi connectivity index (χ3v) is 6.97. The molecule has 14 heavy (non-hydrogen) atoms. The summed E-state index contributed by atoms with van der Waals surface area (Å²) in [4.78, 5) is 0.515. The van der Waals surface area contributed by atoms with Gasteiger partial charge in [-0.1, -0.05) is 13.3 Å². The molecule has 0 aliphatic carbocycles. The molecule has 0 radical (unpaired) electrons. The molecule has 1 aromatic rings. The van der Waals surface area contributed by atoms with Gasteiger partial charge in [-0.05, 0) is 57.7 Å². The van der Waals surface area contributed by atoms with Crippen LogP contribution in [0, 0.1) is 5.77 Å². The molecule has 0 aromatic carbocycles. The fourth-order valence-corrected chi connectivity index (χ4v) is 7.82. The highest BCUT2D eigenvalue weighted by Gasteiger charge is 2.19. The van der Waals surface area contributed by atoms with Gasteiger partial charge < -0.3 is 0 Å². The highest BCUT2D eigenvalue weighted by molar-refractivity contribution is 14.1. The lowest BCUT2D eigenvalue weighted by Gasteiger charge is -2.00. The lowest BCUT2D eigenvalue weighted by molar-refractivity contribution is 0.592. The summed E-state index contributed by atoms with van der Waals surface area (Å²) in [5, 5.41) is 0. The van der Waals surface area contributed by atoms with E-state index in [4.69, 9.17) is 0 Å². The predicted octanol–water partition coefficient (Wildman–Crippen LogP) is 3.53. The maximum Gasteiger partial charge on any atom is 0.180 e. The molecule has 0 unspecified atom stereocenters. The Kier molecular flexibility index (Phi) is 5.12. The number of thiophene rings is 1. The van der Waals surface area contributed by atoms with Crippen molar-refractivity contribution in [3.05, 3.63) is 11.8 Å². The summed E-state index contributed by atoms with van der Waals surface area (Å²) in [6.45, 7) is 2.00. The van der Waals surface area contributed by atoms with Gasteiger partial charge in [-0.25, -0.2) is 8.42 Å². The first-order valence-corrected chi connectivity index (χ1v) is 8.77. The second-order valence-electron chi connectivity index (χ2n) is 2.86. The van der Waals surface area contributed by atoms with E-state index in [9.17, 15) is 8.42 Å². The second kappa shape index (κ2) is 5.44. The van der Waals surface area contributed by atoms with Crippen molar-refractivity contribution in [1.82, 2.24) is 0 Å². The largest absolute Gasteiger partial charge is 0.224 e. The van der Waals surface area contributed by atoms with Gasteiger partial charge in [-0.2, -0.15) is 0 Å². The minimum absolute atomic E-state index is 0.270. The van der Waals surface area contributed by atoms with Crippen molar-refractivity contribution in [3.63, 3.8) is 0 Å². The maximum absolute atomic E-state index is 11.8. The maximum atomic E-state index is 11.8. The number of rotatable bonds is 4. The van der Waals surface area contributed by atoms with Gasteiger partial charge in [-0.15, -0.1) is 11.3 Å². The summed E-state index contributed by atoms with van der Waals surface area (Å²) in [5.74, 6) is 0.270. The Morgan fingerprint density at radius 3 is 2.50 bits per heavy atom. The molecule has 1 heterocycles. The lowest BCUT2D eigenvalue weighted by Crippen LogP contribution is -2.06. The van der Waals surface area contributed by atoms with Crippen molar-refractivity contribution in [2.75, 3.05) is 5.75 Å². The van der Waals surface area contributed by atoms with Crippen LogP contribution in [-0.2, 0) is 9.84 Å². The molecule has 0 fully saturated rings. The molecule has 0 aliphatic heterocycles. The minimum atomic E-state index is -3.03. The predicted molar refractivity (Wildman–Crippen MR) is 76.7 cm³/mol. The first kappa shape index (κ1) is 13.2. The molecule has 0 saturated carbocycles. The van der Waals surface area contributed by atoms with Gasteiger partial charge in [0.2, 0.25) is 0 Å². The van der Waals surface area contributed by atoms with Gasteiger partial charge in [0.1, 0.15) is 0 Å². The first-order chi connectivity index (χ1) is 6.47. The molecule has 80 valence electrons. The molecule has 0 N–H and O–H groups in total. The van der Waals surface area contributed by atoms with E-state index in [0.717, 1.165) is 18.6 Å². The van der Waals surface area contributed by atoms with Crippen LogP contribution in [0.5, 0.6) is 0 Å². The van der Waals surface area contributed by atoms with Crippen molar-refractivity contribution in [2.45, 2.75) is 24.7 Å². The Morgan fingerprint density at radius 1 is 1.43 bits per heavy atom. The average Bonchev–Trinajstić information content (AvgIpc) is 2.42. The van der Waals surface area contributed by atoms with Crippen LogP contribution in [0.2, 0.25) is 0 Å². The number of hydrogen-bond donors (Lipinski definition) is 0. The van der Waals surface area contributed by atoms with Crippen LogP contribution in [0.15, 0.2) is 11.0 Å². The first-order valence-electron chi connectivity index (χ1n) is 4.15. The van der Waals surface area contributed by atoms with E-state index in [1.54, 1.807) is 6.07 Å². The Bertz CT molecular complexity index is 409. The van der Waals surface area contributed by atoms with Gasteiger partial charge in [0, 0.05) is 0 Å². The second-order valence-corrected chi connectivity index (χ2v) is 9.70. The van der Waals surface area contributed by atoms with Crippen molar-refractivity contribution < 1.29 is 8.42 Å². The molecule has 0 atom stereocenters. The van der Waals surface area contributed by atoms with E-state index < -0.39 is 9.84 Å². The fraction of sp³-hybridized carbons (Fsp3) is 0.500. The van der Waals surface area contributed by atoms with Crippen molar-refractivity contribution in [3.8, 4) is 0 Å². The normalized spacial score (nSPS) is 11.9. The summed E-state index contributed by atoms with van der Waals surface area (Å²) < 4.78 is 25.6. The number of hydrogen-bond acceptors (Lipinski definition) is 3. The molecule has 0 saturated heterocycles. The number of sulfone groups is 1. The molecule has 1 rings (SSSR count). The SMILES string of the molecule is CCCCS(=O)(=O)c1cc(I)sc1I. The molecular weight excluding hydrogens is 446 g/mol. The zero-order valence-corrected chi connectivity index (χ0v) is 13.5. The van der Waals surface area contributed by atoms with Crippen LogP contribution < -0.4 is 0 Å². The van der Waals surface area contributed by atoms with Crippen LogP contribution in [-0.4, -0.2) is 14.2 Å². The molecule has 0 aliphatic rings. The zero-order valence-electron chi connectivity index (χ0n) is 7.59. The summed E-state index contributed by atoms with van der Waals surface area (Å²) in [5.41, 5.74) is 0. The van der Waals surface area contributed by atoms with E-state index in [1.807, 2.05) is 6.92 Å². The third kappa shape index (κ3) is 3.31. The van der Waals surface area contributed by atoms with Crippen molar-refractivity contribution in [1.29, 1.82) is 0 Å². The van der Waals surface area contributed by atoms with Crippen molar-refractivity contribution >= 4 is 66.4 Å². The molecule has 2 nitrogen and oxygen atoms in total. The van der Waals surface area contributed by atoms with Crippen LogP contribution in [0.3, 0.4) is 0 Å². The Morgan fingerprint density at radius 2 is 2.07 bits per heavy atom. The Hall–Kier alpha value is 1.11. The standard InChI is InChI=1S/C8H10I2O2S2/c1-2-3-4-14(11,12)6-5-7(9)13-8(6)10/h5H,2-4H2,1H3. The monoisotopic (exact) mass is 456 g/mol. The fourth-order valence-electron chi connectivity index (χ4n) is 0.982. The van der Waals surface area contributed by atoms with Crippen LogP contribution >= 0.6 is 56.5 Å². The minimum Gasteiger partial charge on any atom is -0.224 e. The van der Waals surface area contributed by atoms with Crippen LogP contribution in [0.25, 0.3) is 0 Å². The zero-order chi connectivity index (χ0) is 10.8. The Balaban J connectivity index is 2.98. The third-order valence-electron chi connectivity index (χ3n) is 1.73. The smallest absolute Gasteiger partial charge is 0.180 e. The molecule has 1 aromatic heterocycles. The van der Waals surface area contributed by atoms with Crippen LogP contribution in [0.1, 0.15) is 19.8 Å². The van der Waals surface area contributed by atoms with E-state index in [-0.39, 0.29) is 5.75 Å². The highest BCUT2D eigenvalue weighted by Crippen LogP contribution is 2.29.